The summed E-state index contributed by atoms with van der Waals surface area (Å²) in [4.78, 5) is 0. The van der Waals surface area contributed by atoms with Crippen LogP contribution < -0.4 is 11.1 Å². The lowest BCUT2D eigenvalue weighted by molar-refractivity contribution is -0.140. The highest BCUT2D eigenvalue weighted by Gasteiger charge is 2.34. The molecule has 1 aromatic carbocycles. The van der Waals surface area contributed by atoms with Gasteiger partial charge in [-0.05, 0) is 31.0 Å². The Morgan fingerprint density at radius 3 is 2.42 bits per heavy atom. The van der Waals surface area contributed by atoms with E-state index in [9.17, 15) is 17.6 Å². The molecule has 0 amide bonds. The molecule has 2 nitrogen and oxygen atoms in total. The van der Waals surface area contributed by atoms with Gasteiger partial charge in [0.1, 0.15) is 5.82 Å². The standard InChI is InChI=1S/C13H18F4N2/c1-3-8(2)19-12(7-18)9-4-5-11(14)10(6-9)13(15,16)17/h4-6,8,12,19H,3,7,18H2,1-2H3. The molecular weight excluding hydrogens is 260 g/mol. The highest BCUT2D eigenvalue weighted by Crippen LogP contribution is 2.33. The smallest absolute Gasteiger partial charge is 0.329 e. The summed E-state index contributed by atoms with van der Waals surface area (Å²) in [6, 6.07) is 2.68. The number of halogens is 4. The number of alkyl halides is 3. The lowest BCUT2D eigenvalue weighted by atomic mass is 10.0. The van der Waals surface area contributed by atoms with Gasteiger partial charge in [0.2, 0.25) is 0 Å². The van der Waals surface area contributed by atoms with Crippen molar-refractivity contribution >= 4 is 0 Å². The van der Waals surface area contributed by atoms with E-state index in [4.69, 9.17) is 5.73 Å². The van der Waals surface area contributed by atoms with Crippen molar-refractivity contribution in [3.05, 3.63) is 35.1 Å². The summed E-state index contributed by atoms with van der Waals surface area (Å²) in [5.74, 6) is -1.27. The fourth-order valence-corrected chi connectivity index (χ4v) is 1.74. The van der Waals surface area contributed by atoms with Crippen molar-refractivity contribution in [1.29, 1.82) is 0 Å². The Morgan fingerprint density at radius 1 is 1.32 bits per heavy atom. The van der Waals surface area contributed by atoms with E-state index in [1.54, 1.807) is 0 Å². The molecule has 3 N–H and O–H groups in total. The third-order valence-corrected chi connectivity index (χ3v) is 3.03. The summed E-state index contributed by atoms with van der Waals surface area (Å²) in [7, 11) is 0. The van der Waals surface area contributed by atoms with Crippen LogP contribution in [0.2, 0.25) is 0 Å². The molecule has 108 valence electrons. The van der Waals surface area contributed by atoms with Crippen LogP contribution in [0.4, 0.5) is 17.6 Å². The van der Waals surface area contributed by atoms with Crippen LogP contribution in [0.1, 0.15) is 37.4 Å². The zero-order chi connectivity index (χ0) is 14.6. The number of hydrogen-bond donors (Lipinski definition) is 2. The molecule has 0 heterocycles. The molecule has 0 spiro atoms. The fourth-order valence-electron chi connectivity index (χ4n) is 1.74. The van der Waals surface area contributed by atoms with E-state index in [1.165, 1.54) is 6.07 Å². The summed E-state index contributed by atoms with van der Waals surface area (Å²) < 4.78 is 51.1. The second-order valence-electron chi connectivity index (χ2n) is 4.50. The van der Waals surface area contributed by atoms with Crippen LogP contribution in [0.3, 0.4) is 0 Å². The van der Waals surface area contributed by atoms with E-state index in [2.05, 4.69) is 5.32 Å². The van der Waals surface area contributed by atoms with Crippen LogP contribution in [0.5, 0.6) is 0 Å². The summed E-state index contributed by atoms with van der Waals surface area (Å²) in [5, 5.41) is 3.12. The van der Waals surface area contributed by atoms with Crippen LogP contribution in [-0.2, 0) is 6.18 Å². The van der Waals surface area contributed by atoms with Crippen LogP contribution in [0, 0.1) is 5.82 Å². The quantitative estimate of drug-likeness (QED) is 0.811. The van der Waals surface area contributed by atoms with Gasteiger partial charge in [-0.2, -0.15) is 13.2 Å². The molecule has 0 aliphatic carbocycles. The van der Waals surface area contributed by atoms with Crippen molar-refractivity contribution in [3.63, 3.8) is 0 Å². The first-order valence-corrected chi connectivity index (χ1v) is 6.12. The average Bonchev–Trinajstić information content (AvgIpc) is 2.35. The molecule has 0 aliphatic rings. The van der Waals surface area contributed by atoms with Crippen molar-refractivity contribution < 1.29 is 17.6 Å². The van der Waals surface area contributed by atoms with E-state index in [0.717, 1.165) is 18.6 Å². The Morgan fingerprint density at radius 2 is 1.95 bits per heavy atom. The summed E-state index contributed by atoms with van der Waals surface area (Å²) >= 11 is 0. The highest BCUT2D eigenvalue weighted by molar-refractivity contribution is 5.29. The van der Waals surface area contributed by atoms with Crippen LogP contribution in [0.15, 0.2) is 18.2 Å². The lowest BCUT2D eigenvalue weighted by Crippen LogP contribution is -2.34. The maximum Gasteiger partial charge on any atom is 0.419 e. The molecule has 0 saturated carbocycles. The third kappa shape index (κ3) is 4.18. The predicted molar refractivity (Wildman–Crippen MR) is 66.1 cm³/mol. The largest absolute Gasteiger partial charge is 0.419 e. The molecule has 6 heteroatoms. The lowest BCUT2D eigenvalue weighted by Gasteiger charge is -2.22. The monoisotopic (exact) mass is 278 g/mol. The van der Waals surface area contributed by atoms with Crippen molar-refractivity contribution in [3.8, 4) is 0 Å². The number of nitrogens with one attached hydrogen (secondary N) is 1. The van der Waals surface area contributed by atoms with Crippen molar-refractivity contribution in [2.45, 2.75) is 38.5 Å². The zero-order valence-electron chi connectivity index (χ0n) is 10.9. The van der Waals surface area contributed by atoms with Gasteiger partial charge >= 0.3 is 6.18 Å². The molecule has 0 aromatic heterocycles. The minimum absolute atomic E-state index is 0.118. The Hall–Kier alpha value is -1.14. The first-order chi connectivity index (χ1) is 8.79. The molecule has 0 aliphatic heterocycles. The number of benzene rings is 1. The molecule has 19 heavy (non-hydrogen) atoms. The van der Waals surface area contributed by atoms with E-state index >= 15 is 0 Å². The summed E-state index contributed by atoms with van der Waals surface area (Å²) in [6.07, 6.45) is -3.88. The van der Waals surface area contributed by atoms with Gasteiger partial charge in [-0.1, -0.05) is 13.0 Å². The zero-order valence-corrected chi connectivity index (χ0v) is 10.9. The topological polar surface area (TPSA) is 38.0 Å². The molecule has 1 rings (SSSR count). The molecule has 2 atom stereocenters. The van der Waals surface area contributed by atoms with Gasteiger partial charge in [0.05, 0.1) is 5.56 Å². The molecule has 0 bridgehead atoms. The Labute approximate surface area is 110 Å². The Bertz CT molecular complexity index is 418. The molecule has 0 saturated heterocycles. The molecule has 1 aromatic rings. The van der Waals surface area contributed by atoms with Gasteiger partial charge in [0.15, 0.2) is 0 Å². The van der Waals surface area contributed by atoms with Crippen molar-refractivity contribution in [2.75, 3.05) is 6.54 Å². The Balaban J connectivity index is 3.06. The van der Waals surface area contributed by atoms with Gasteiger partial charge in [-0.3, -0.25) is 0 Å². The molecule has 0 fully saturated rings. The average molecular weight is 278 g/mol. The maximum absolute atomic E-state index is 13.2. The highest BCUT2D eigenvalue weighted by atomic mass is 19.4. The van der Waals surface area contributed by atoms with E-state index < -0.39 is 23.6 Å². The van der Waals surface area contributed by atoms with Gasteiger partial charge in [-0.15, -0.1) is 0 Å². The second kappa shape index (κ2) is 6.34. The van der Waals surface area contributed by atoms with Gasteiger partial charge in [0, 0.05) is 18.6 Å². The van der Waals surface area contributed by atoms with Crippen LogP contribution >= 0.6 is 0 Å². The molecule has 2 unspecified atom stereocenters. The minimum atomic E-state index is -4.70. The van der Waals surface area contributed by atoms with Crippen molar-refractivity contribution in [2.24, 2.45) is 5.73 Å². The minimum Gasteiger partial charge on any atom is -0.329 e. The van der Waals surface area contributed by atoms with E-state index in [1.807, 2.05) is 13.8 Å². The van der Waals surface area contributed by atoms with Crippen molar-refractivity contribution in [1.82, 2.24) is 5.32 Å². The number of rotatable bonds is 5. The molecular formula is C13H18F4N2. The van der Waals surface area contributed by atoms with Gasteiger partial charge in [0.25, 0.3) is 0 Å². The Kier molecular flexibility index (Phi) is 5.31. The molecule has 0 radical (unpaired) electrons. The second-order valence-corrected chi connectivity index (χ2v) is 4.50. The summed E-state index contributed by atoms with van der Waals surface area (Å²) in [6.45, 7) is 4.02. The first-order valence-electron chi connectivity index (χ1n) is 6.12. The van der Waals surface area contributed by atoms with Crippen LogP contribution in [0.25, 0.3) is 0 Å². The predicted octanol–water partition coefficient (Wildman–Crippen LogP) is 3.23. The first kappa shape index (κ1) is 15.9. The van der Waals surface area contributed by atoms with E-state index in [0.29, 0.717) is 5.56 Å². The third-order valence-electron chi connectivity index (χ3n) is 3.03. The van der Waals surface area contributed by atoms with Gasteiger partial charge < -0.3 is 11.1 Å². The number of nitrogens with two attached hydrogens (primary N) is 1. The number of hydrogen-bond acceptors (Lipinski definition) is 2. The van der Waals surface area contributed by atoms with Crippen LogP contribution in [-0.4, -0.2) is 12.6 Å². The van der Waals surface area contributed by atoms with E-state index in [-0.39, 0.29) is 12.6 Å². The maximum atomic E-state index is 13.2. The fraction of sp³-hybridized carbons (Fsp3) is 0.538. The normalized spacial score (nSPS) is 15.3. The SMILES string of the molecule is CCC(C)NC(CN)c1ccc(F)c(C(F)(F)F)c1. The van der Waals surface area contributed by atoms with Gasteiger partial charge in [-0.25, -0.2) is 4.39 Å². The summed E-state index contributed by atoms with van der Waals surface area (Å²) in [5.41, 5.74) is 4.66.